The Labute approximate surface area is 167 Å². The minimum Gasteiger partial charge on any atom is -0.380 e. The molecule has 0 bridgehead atoms. The summed E-state index contributed by atoms with van der Waals surface area (Å²) in [5, 5.41) is 0. The molecule has 3 unspecified atom stereocenters. The van der Waals surface area contributed by atoms with E-state index in [2.05, 4.69) is 11.8 Å². The zero-order valence-electron chi connectivity index (χ0n) is 17.3. The standard InChI is InChI=1S/C23H31N3O2/c1-5-8-15(13-24)14-26(4)19-12-11-18(25(2)3)20-21(19)23(28)17-10-7-6-9-16(17)22(20)27/h6-7,9-12,15,20-21H,5,8,13-14,24H2,1-4H3. The molecular formula is C23H31N3O2. The van der Waals surface area contributed by atoms with Crippen molar-refractivity contribution in [2.24, 2.45) is 23.5 Å². The Morgan fingerprint density at radius 3 is 2.00 bits per heavy atom. The van der Waals surface area contributed by atoms with Crippen molar-refractivity contribution >= 4 is 11.6 Å². The first-order chi connectivity index (χ1) is 13.4. The van der Waals surface area contributed by atoms with Crippen molar-refractivity contribution < 1.29 is 9.59 Å². The molecule has 2 N–H and O–H groups in total. The minimum atomic E-state index is -0.477. The minimum absolute atomic E-state index is 0.0306. The zero-order chi connectivity index (χ0) is 20.4. The van der Waals surface area contributed by atoms with Gasteiger partial charge in [0.15, 0.2) is 11.6 Å². The zero-order valence-corrected chi connectivity index (χ0v) is 17.3. The Morgan fingerprint density at radius 2 is 1.50 bits per heavy atom. The van der Waals surface area contributed by atoms with Gasteiger partial charge in [-0.05, 0) is 31.0 Å². The van der Waals surface area contributed by atoms with Gasteiger partial charge in [-0.25, -0.2) is 0 Å². The molecule has 150 valence electrons. The van der Waals surface area contributed by atoms with Gasteiger partial charge in [-0.15, -0.1) is 0 Å². The van der Waals surface area contributed by atoms with Gasteiger partial charge in [-0.3, -0.25) is 9.59 Å². The lowest BCUT2D eigenvalue weighted by atomic mass is 9.69. The number of carbonyl (C=O) groups is 2. The molecule has 0 saturated heterocycles. The Hall–Kier alpha value is -2.40. The molecule has 5 nitrogen and oxygen atoms in total. The van der Waals surface area contributed by atoms with Crippen molar-refractivity contribution in [3.63, 3.8) is 0 Å². The van der Waals surface area contributed by atoms with Crippen LogP contribution in [-0.2, 0) is 0 Å². The summed E-state index contributed by atoms with van der Waals surface area (Å²) in [4.78, 5) is 30.9. The first kappa shape index (κ1) is 20.3. The van der Waals surface area contributed by atoms with Crippen molar-refractivity contribution in [2.45, 2.75) is 19.8 Å². The number of hydrogen-bond donors (Lipinski definition) is 1. The number of carbonyl (C=O) groups excluding carboxylic acids is 2. The maximum atomic E-state index is 13.5. The highest BCUT2D eigenvalue weighted by Crippen LogP contribution is 2.42. The number of allylic oxidation sites excluding steroid dienone is 4. The summed E-state index contributed by atoms with van der Waals surface area (Å²) in [5.41, 5.74) is 8.84. The second-order valence-corrected chi connectivity index (χ2v) is 8.08. The molecule has 3 atom stereocenters. The highest BCUT2D eigenvalue weighted by atomic mass is 16.1. The van der Waals surface area contributed by atoms with Crippen molar-refractivity contribution in [1.82, 2.24) is 9.80 Å². The lowest BCUT2D eigenvalue weighted by molar-refractivity contribution is 0.0741. The summed E-state index contributed by atoms with van der Waals surface area (Å²) in [7, 11) is 5.86. The van der Waals surface area contributed by atoms with E-state index in [0.717, 1.165) is 30.8 Å². The lowest BCUT2D eigenvalue weighted by Crippen LogP contribution is -2.46. The molecular weight excluding hydrogens is 350 g/mol. The molecule has 0 spiro atoms. The van der Waals surface area contributed by atoms with Crippen LogP contribution < -0.4 is 5.73 Å². The normalized spacial score (nSPS) is 22.0. The van der Waals surface area contributed by atoms with Crippen LogP contribution in [0.2, 0.25) is 0 Å². The van der Waals surface area contributed by atoms with Crippen LogP contribution in [0.3, 0.4) is 0 Å². The van der Waals surface area contributed by atoms with Crippen LogP contribution >= 0.6 is 0 Å². The quantitative estimate of drug-likeness (QED) is 0.787. The average molecular weight is 382 g/mol. The fourth-order valence-corrected chi connectivity index (χ4v) is 4.52. The monoisotopic (exact) mass is 381 g/mol. The number of hydrogen-bond acceptors (Lipinski definition) is 5. The number of ketones is 2. The molecule has 28 heavy (non-hydrogen) atoms. The van der Waals surface area contributed by atoms with Gasteiger partial charge in [-0.1, -0.05) is 37.6 Å². The molecule has 0 fully saturated rings. The van der Waals surface area contributed by atoms with Crippen LogP contribution in [0.25, 0.3) is 0 Å². The smallest absolute Gasteiger partial charge is 0.173 e. The summed E-state index contributed by atoms with van der Waals surface area (Å²) in [6, 6.07) is 7.20. The van der Waals surface area contributed by atoms with Gasteiger partial charge in [0.2, 0.25) is 0 Å². The molecule has 0 radical (unpaired) electrons. The van der Waals surface area contributed by atoms with Crippen LogP contribution in [0, 0.1) is 17.8 Å². The number of Topliss-reactive ketones (excluding diaryl/α,β-unsaturated/α-hetero) is 2. The van der Waals surface area contributed by atoms with Gasteiger partial charge in [0.1, 0.15) is 0 Å². The molecule has 5 heteroatoms. The van der Waals surface area contributed by atoms with E-state index in [1.165, 1.54) is 0 Å². The summed E-state index contributed by atoms with van der Waals surface area (Å²) < 4.78 is 0. The second-order valence-electron chi connectivity index (χ2n) is 8.08. The fraction of sp³-hybridized carbons (Fsp3) is 0.478. The van der Waals surface area contributed by atoms with E-state index >= 15 is 0 Å². The van der Waals surface area contributed by atoms with Crippen LogP contribution in [0.4, 0.5) is 0 Å². The summed E-state index contributed by atoms with van der Waals surface area (Å²) in [6.07, 6.45) is 6.13. The van der Waals surface area contributed by atoms with Crippen LogP contribution in [-0.4, -0.2) is 55.6 Å². The van der Waals surface area contributed by atoms with Gasteiger partial charge >= 0.3 is 0 Å². The predicted molar refractivity (Wildman–Crippen MR) is 112 cm³/mol. The largest absolute Gasteiger partial charge is 0.380 e. The van der Waals surface area contributed by atoms with Crippen molar-refractivity contribution in [3.8, 4) is 0 Å². The number of rotatable bonds is 7. The topological polar surface area (TPSA) is 66.6 Å². The van der Waals surface area contributed by atoms with Crippen LogP contribution in [0.15, 0.2) is 47.8 Å². The molecule has 1 aromatic carbocycles. The van der Waals surface area contributed by atoms with E-state index in [9.17, 15) is 9.59 Å². The lowest BCUT2D eigenvalue weighted by Gasteiger charge is -2.41. The summed E-state index contributed by atoms with van der Waals surface area (Å²) in [5.74, 6) is -0.513. The van der Waals surface area contributed by atoms with E-state index in [4.69, 9.17) is 5.73 Å². The maximum absolute atomic E-state index is 13.5. The van der Waals surface area contributed by atoms with Gasteiger partial charge in [0, 0.05) is 50.2 Å². The fourth-order valence-electron chi connectivity index (χ4n) is 4.52. The molecule has 0 amide bonds. The SMILES string of the molecule is CCCC(CN)CN(C)C1=CC=C(N(C)C)C2C(=O)c3ccccc3C(=O)C12. The molecule has 1 aromatic rings. The summed E-state index contributed by atoms with van der Waals surface area (Å²) >= 11 is 0. The number of fused-ring (bicyclic) bond motifs is 2. The predicted octanol–water partition coefficient (Wildman–Crippen LogP) is 2.95. The highest BCUT2D eigenvalue weighted by molar-refractivity contribution is 6.18. The van der Waals surface area contributed by atoms with Gasteiger partial charge in [0.25, 0.3) is 0 Å². The van der Waals surface area contributed by atoms with Crippen molar-refractivity contribution in [3.05, 3.63) is 58.9 Å². The van der Waals surface area contributed by atoms with Crippen LogP contribution in [0.1, 0.15) is 40.5 Å². The number of benzene rings is 1. The van der Waals surface area contributed by atoms with E-state index < -0.39 is 11.8 Å². The van der Waals surface area contributed by atoms with Gasteiger partial charge in [0.05, 0.1) is 11.8 Å². The second kappa shape index (κ2) is 8.31. The molecule has 3 rings (SSSR count). The molecule has 0 heterocycles. The molecule has 2 aliphatic rings. The molecule has 0 aliphatic heterocycles. The van der Waals surface area contributed by atoms with E-state index in [1.807, 2.05) is 50.3 Å². The van der Waals surface area contributed by atoms with Gasteiger partial charge in [-0.2, -0.15) is 0 Å². The van der Waals surface area contributed by atoms with Crippen molar-refractivity contribution in [2.75, 3.05) is 34.2 Å². The molecule has 0 saturated carbocycles. The number of nitrogens with two attached hydrogens (primary N) is 1. The van der Waals surface area contributed by atoms with Gasteiger partial charge < -0.3 is 15.5 Å². The Kier molecular flexibility index (Phi) is 6.04. The van der Waals surface area contributed by atoms with E-state index in [1.54, 1.807) is 12.1 Å². The maximum Gasteiger partial charge on any atom is 0.173 e. The summed E-state index contributed by atoms with van der Waals surface area (Å²) in [6.45, 7) is 3.56. The Balaban J connectivity index is 2.03. The average Bonchev–Trinajstić information content (AvgIpc) is 2.70. The van der Waals surface area contributed by atoms with E-state index in [-0.39, 0.29) is 11.6 Å². The Morgan fingerprint density at radius 1 is 0.964 bits per heavy atom. The highest BCUT2D eigenvalue weighted by Gasteiger charge is 2.47. The Bertz CT molecular complexity index is 825. The number of nitrogens with zero attached hydrogens (tertiary/aromatic N) is 2. The third-order valence-corrected chi connectivity index (χ3v) is 5.94. The third-order valence-electron chi connectivity index (χ3n) is 5.94. The first-order valence-corrected chi connectivity index (χ1v) is 10.1. The molecule has 0 aromatic heterocycles. The third kappa shape index (κ3) is 3.51. The molecule has 2 aliphatic carbocycles. The van der Waals surface area contributed by atoms with Crippen LogP contribution in [0.5, 0.6) is 0 Å². The van der Waals surface area contributed by atoms with E-state index in [0.29, 0.717) is 23.6 Å². The van der Waals surface area contributed by atoms with Crippen molar-refractivity contribution in [1.29, 1.82) is 0 Å². The first-order valence-electron chi connectivity index (χ1n) is 10.1.